The maximum Gasteiger partial charge on any atom is 0.514 e. The van der Waals surface area contributed by atoms with E-state index in [9.17, 15) is 19.2 Å². The zero-order valence-electron chi connectivity index (χ0n) is 24.7. The SMILES string of the molecule is CCC(C)OC(=O)Oc1ccc(CC(N)(C[C@H](C)OC(=O)Oc2ccccc2)C(=O)OC)cc1OC(=O)OC(C)CC. The number of methoxy groups -OCH3 is 1. The molecule has 4 atom stereocenters. The van der Waals surface area contributed by atoms with Crippen molar-refractivity contribution in [2.45, 2.75) is 84.2 Å². The summed E-state index contributed by atoms with van der Waals surface area (Å²) in [6, 6.07) is 12.6. The fourth-order valence-electron chi connectivity index (χ4n) is 3.67. The first-order valence-corrected chi connectivity index (χ1v) is 13.6. The minimum absolute atomic E-state index is 0.116. The lowest BCUT2D eigenvalue weighted by Crippen LogP contribution is -2.53. The number of nitrogens with two attached hydrogens (primary N) is 1. The van der Waals surface area contributed by atoms with E-state index in [0.717, 1.165) is 0 Å². The zero-order valence-corrected chi connectivity index (χ0v) is 24.7. The standard InChI is InChI=1S/C30H39NO11/c1-7-19(3)37-28(34)41-24-15-14-22(16-25(24)42-29(35)38-20(4)8-2)18-30(31,26(32)36-6)17-21(5)39-27(33)40-23-12-10-9-11-13-23/h9-16,19-21H,7-8,17-18,31H2,1-6H3/t19?,20?,21-,30?/m0/s1. The van der Waals surface area contributed by atoms with Gasteiger partial charge in [-0.2, -0.15) is 0 Å². The molecule has 0 bridgehead atoms. The van der Waals surface area contributed by atoms with Gasteiger partial charge in [0.15, 0.2) is 11.5 Å². The van der Waals surface area contributed by atoms with Gasteiger partial charge in [-0.05, 0) is 63.4 Å². The molecule has 0 saturated carbocycles. The highest BCUT2D eigenvalue weighted by molar-refractivity contribution is 5.81. The third-order valence-corrected chi connectivity index (χ3v) is 6.14. The van der Waals surface area contributed by atoms with Crippen LogP contribution in [0.15, 0.2) is 48.5 Å². The zero-order chi connectivity index (χ0) is 31.3. The second-order valence-corrected chi connectivity index (χ2v) is 9.78. The topological polar surface area (TPSA) is 159 Å². The van der Waals surface area contributed by atoms with Crippen molar-refractivity contribution in [1.29, 1.82) is 0 Å². The number of carbonyl (C=O) groups excluding carboxylic acids is 4. The van der Waals surface area contributed by atoms with Gasteiger partial charge in [-0.15, -0.1) is 0 Å². The van der Waals surface area contributed by atoms with E-state index in [1.54, 1.807) is 51.1 Å². The Morgan fingerprint density at radius 1 is 0.738 bits per heavy atom. The Morgan fingerprint density at radius 2 is 1.26 bits per heavy atom. The Hall–Kier alpha value is -4.32. The average Bonchev–Trinajstić information content (AvgIpc) is 2.93. The van der Waals surface area contributed by atoms with Crippen molar-refractivity contribution in [1.82, 2.24) is 0 Å². The normalized spacial score (nSPS) is 14.3. The molecule has 0 aliphatic rings. The molecule has 12 heteroatoms. The Balaban J connectivity index is 2.26. The van der Waals surface area contributed by atoms with Crippen LogP contribution in [0, 0.1) is 0 Å². The summed E-state index contributed by atoms with van der Waals surface area (Å²) in [4.78, 5) is 49.7. The summed E-state index contributed by atoms with van der Waals surface area (Å²) >= 11 is 0. The van der Waals surface area contributed by atoms with E-state index < -0.39 is 48.3 Å². The molecule has 12 nitrogen and oxygen atoms in total. The molecule has 0 fully saturated rings. The number of benzene rings is 2. The number of hydrogen-bond acceptors (Lipinski definition) is 12. The fraction of sp³-hybridized carbons (Fsp3) is 0.467. The molecule has 0 aliphatic carbocycles. The number of hydrogen-bond donors (Lipinski definition) is 1. The quantitative estimate of drug-likeness (QED) is 0.172. The maximum atomic E-state index is 12.8. The first-order chi connectivity index (χ1) is 19.9. The van der Waals surface area contributed by atoms with Crippen LogP contribution >= 0.6 is 0 Å². The first kappa shape index (κ1) is 33.9. The van der Waals surface area contributed by atoms with Gasteiger partial charge >= 0.3 is 24.4 Å². The summed E-state index contributed by atoms with van der Waals surface area (Å²) in [5.41, 5.74) is 5.23. The highest BCUT2D eigenvalue weighted by Gasteiger charge is 2.38. The molecule has 0 heterocycles. The van der Waals surface area contributed by atoms with E-state index >= 15 is 0 Å². The van der Waals surface area contributed by atoms with Crippen LogP contribution in [-0.4, -0.2) is 55.4 Å². The molecule has 230 valence electrons. The molecule has 2 aromatic rings. The smallest absolute Gasteiger partial charge is 0.468 e. The molecule has 2 rings (SSSR count). The van der Waals surface area contributed by atoms with E-state index in [2.05, 4.69) is 0 Å². The van der Waals surface area contributed by atoms with Gasteiger partial charge in [0.2, 0.25) is 0 Å². The molecular weight excluding hydrogens is 550 g/mol. The summed E-state index contributed by atoms with van der Waals surface area (Å²) in [5.74, 6) is -0.763. The summed E-state index contributed by atoms with van der Waals surface area (Å²) in [7, 11) is 1.18. The second-order valence-electron chi connectivity index (χ2n) is 9.78. The minimum Gasteiger partial charge on any atom is -0.468 e. The third-order valence-electron chi connectivity index (χ3n) is 6.14. The molecule has 3 unspecified atom stereocenters. The van der Waals surface area contributed by atoms with Gasteiger partial charge in [0.05, 0.1) is 7.11 Å². The first-order valence-electron chi connectivity index (χ1n) is 13.6. The van der Waals surface area contributed by atoms with E-state index in [4.69, 9.17) is 38.9 Å². The van der Waals surface area contributed by atoms with Crippen molar-refractivity contribution >= 4 is 24.4 Å². The van der Waals surface area contributed by atoms with Crippen molar-refractivity contribution in [2.24, 2.45) is 5.73 Å². The predicted molar refractivity (Wildman–Crippen MR) is 150 cm³/mol. The largest absolute Gasteiger partial charge is 0.514 e. The van der Waals surface area contributed by atoms with Gasteiger partial charge in [0.25, 0.3) is 0 Å². The lowest BCUT2D eigenvalue weighted by molar-refractivity contribution is -0.148. The van der Waals surface area contributed by atoms with Crippen molar-refractivity contribution < 1.29 is 52.3 Å². The third kappa shape index (κ3) is 10.9. The highest BCUT2D eigenvalue weighted by Crippen LogP contribution is 2.32. The van der Waals surface area contributed by atoms with Gasteiger partial charge < -0.3 is 38.9 Å². The molecule has 0 amide bonds. The van der Waals surface area contributed by atoms with Crippen LogP contribution in [-0.2, 0) is 30.2 Å². The van der Waals surface area contributed by atoms with E-state index in [1.807, 2.05) is 13.8 Å². The second kappa shape index (κ2) is 16.2. The molecule has 42 heavy (non-hydrogen) atoms. The van der Waals surface area contributed by atoms with E-state index in [1.165, 1.54) is 25.3 Å². The Labute approximate surface area is 245 Å². The highest BCUT2D eigenvalue weighted by atomic mass is 16.8. The van der Waals surface area contributed by atoms with Gasteiger partial charge in [-0.3, -0.25) is 4.79 Å². The summed E-state index contributed by atoms with van der Waals surface area (Å²) < 4.78 is 36.3. The molecule has 0 saturated heterocycles. The summed E-state index contributed by atoms with van der Waals surface area (Å²) in [5, 5.41) is 0. The van der Waals surface area contributed by atoms with Crippen molar-refractivity contribution in [3.8, 4) is 17.2 Å². The number of para-hydroxylation sites is 1. The molecule has 2 N–H and O–H groups in total. The number of esters is 1. The number of rotatable bonds is 13. The molecule has 0 aliphatic heterocycles. The van der Waals surface area contributed by atoms with Crippen LogP contribution in [0.25, 0.3) is 0 Å². The summed E-state index contributed by atoms with van der Waals surface area (Å²) in [6.45, 7) is 8.61. The van der Waals surface area contributed by atoms with Gasteiger partial charge in [0.1, 0.15) is 29.6 Å². The lowest BCUT2D eigenvalue weighted by Gasteiger charge is -2.29. The fourth-order valence-corrected chi connectivity index (χ4v) is 3.67. The Kier molecular flexibility index (Phi) is 13.1. The summed E-state index contributed by atoms with van der Waals surface area (Å²) in [6.07, 6.45) is -3.82. The van der Waals surface area contributed by atoms with Crippen LogP contribution in [0.1, 0.15) is 59.4 Å². The van der Waals surface area contributed by atoms with Crippen molar-refractivity contribution in [3.63, 3.8) is 0 Å². The molecule has 0 aromatic heterocycles. The monoisotopic (exact) mass is 589 g/mol. The van der Waals surface area contributed by atoms with Gasteiger partial charge in [-0.1, -0.05) is 38.1 Å². The lowest BCUT2D eigenvalue weighted by atomic mass is 9.86. The van der Waals surface area contributed by atoms with E-state index in [-0.39, 0.29) is 30.1 Å². The van der Waals surface area contributed by atoms with E-state index in [0.29, 0.717) is 18.4 Å². The molecular formula is C30H39NO11. The molecule has 0 spiro atoms. The minimum atomic E-state index is -1.67. The van der Waals surface area contributed by atoms with Crippen LogP contribution in [0.5, 0.6) is 17.2 Å². The van der Waals surface area contributed by atoms with Crippen LogP contribution < -0.4 is 19.9 Å². The van der Waals surface area contributed by atoms with Gasteiger partial charge in [-0.25, -0.2) is 14.4 Å². The van der Waals surface area contributed by atoms with Gasteiger partial charge in [0, 0.05) is 12.8 Å². The number of carbonyl (C=O) groups is 4. The maximum absolute atomic E-state index is 12.8. The number of ether oxygens (including phenoxy) is 7. The Bertz CT molecular complexity index is 1200. The van der Waals surface area contributed by atoms with Crippen molar-refractivity contribution in [3.05, 3.63) is 54.1 Å². The van der Waals surface area contributed by atoms with Crippen LogP contribution in [0.4, 0.5) is 14.4 Å². The van der Waals surface area contributed by atoms with Crippen LogP contribution in [0.3, 0.4) is 0 Å². The average molecular weight is 590 g/mol. The predicted octanol–water partition coefficient (Wildman–Crippen LogP) is 5.72. The van der Waals surface area contributed by atoms with Crippen LogP contribution in [0.2, 0.25) is 0 Å². The Morgan fingerprint density at radius 3 is 1.81 bits per heavy atom. The molecule has 2 aromatic carbocycles. The molecule has 0 radical (unpaired) electrons. The van der Waals surface area contributed by atoms with Crippen molar-refractivity contribution in [2.75, 3.05) is 7.11 Å².